The Bertz CT molecular complexity index is 345. The Morgan fingerprint density at radius 1 is 1.11 bits per heavy atom. The number of benzene rings is 1. The molecule has 2 rings (SSSR count). The summed E-state index contributed by atoms with van der Waals surface area (Å²) in [5.74, 6) is 1.43. The summed E-state index contributed by atoms with van der Waals surface area (Å²) in [5.41, 5.74) is 1.32. The van der Waals surface area contributed by atoms with Crippen LogP contribution in [0.4, 0.5) is 4.53 Å². The first-order valence-corrected chi connectivity index (χ1v) is 6.50. The van der Waals surface area contributed by atoms with Crippen LogP contribution in [-0.2, 0) is 9.98 Å². The molecule has 0 aliphatic heterocycles. The maximum absolute atomic E-state index is 11.6. The highest BCUT2D eigenvalue weighted by atomic mass is 19.3. The third kappa shape index (κ3) is 3.43. The minimum Gasteiger partial charge on any atom is -0.494 e. The SMILES string of the molecule is CCOc1ccc(C2CCC(OOF)CC2)cc1. The third-order valence-corrected chi connectivity index (χ3v) is 3.51. The molecule has 1 aliphatic rings. The fourth-order valence-electron chi connectivity index (χ4n) is 2.55. The molecule has 18 heavy (non-hydrogen) atoms. The summed E-state index contributed by atoms with van der Waals surface area (Å²) in [6.07, 6.45) is 3.57. The molecule has 1 aromatic carbocycles. The van der Waals surface area contributed by atoms with Crippen LogP contribution in [0.25, 0.3) is 0 Å². The molecule has 0 bridgehead atoms. The molecule has 0 spiro atoms. The van der Waals surface area contributed by atoms with E-state index >= 15 is 0 Å². The van der Waals surface area contributed by atoms with Gasteiger partial charge in [0.2, 0.25) is 0 Å². The molecule has 0 atom stereocenters. The van der Waals surface area contributed by atoms with Gasteiger partial charge in [0.25, 0.3) is 0 Å². The van der Waals surface area contributed by atoms with Gasteiger partial charge in [-0.3, -0.25) is 0 Å². The van der Waals surface area contributed by atoms with Gasteiger partial charge < -0.3 is 4.74 Å². The minimum absolute atomic E-state index is 0.103. The zero-order valence-electron chi connectivity index (χ0n) is 10.6. The Labute approximate surface area is 107 Å². The van der Waals surface area contributed by atoms with Gasteiger partial charge in [-0.15, -0.1) is 0 Å². The number of hydrogen-bond acceptors (Lipinski definition) is 3. The van der Waals surface area contributed by atoms with Gasteiger partial charge in [0.05, 0.1) is 12.7 Å². The zero-order chi connectivity index (χ0) is 12.8. The number of halogens is 1. The Morgan fingerprint density at radius 3 is 2.33 bits per heavy atom. The zero-order valence-corrected chi connectivity index (χ0v) is 10.6. The standard InChI is InChI=1S/C14H19FO3/c1-2-16-13-7-3-11(4-8-13)12-5-9-14(10-6-12)17-18-15/h3-4,7-8,12,14H,2,5-6,9-10H2,1H3. The second-order valence-corrected chi connectivity index (χ2v) is 4.63. The van der Waals surface area contributed by atoms with Crippen molar-refractivity contribution in [3.63, 3.8) is 0 Å². The summed E-state index contributed by atoms with van der Waals surface area (Å²) < 4.78 is 17.0. The van der Waals surface area contributed by atoms with Crippen molar-refractivity contribution in [1.82, 2.24) is 0 Å². The number of hydrogen-bond donors (Lipinski definition) is 0. The molecule has 1 fully saturated rings. The molecule has 0 saturated heterocycles. The van der Waals surface area contributed by atoms with Crippen molar-refractivity contribution < 1.29 is 19.2 Å². The van der Waals surface area contributed by atoms with Gasteiger partial charge in [0.1, 0.15) is 5.75 Å². The fraction of sp³-hybridized carbons (Fsp3) is 0.571. The van der Waals surface area contributed by atoms with Crippen LogP contribution in [0.5, 0.6) is 5.75 Å². The highest BCUT2D eigenvalue weighted by molar-refractivity contribution is 5.29. The van der Waals surface area contributed by atoms with Crippen molar-refractivity contribution >= 4 is 0 Å². The molecule has 100 valence electrons. The van der Waals surface area contributed by atoms with E-state index in [4.69, 9.17) is 4.74 Å². The molecule has 3 nitrogen and oxygen atoms in total. The van der Waals surface area contributed by atoms with E-state index < -0.39 is 0 Å². The monoisotopic (exact) mass is 254 g/mol. The third-order valence-electron chi connectivity index (χ3n) is 3.51. The molecule has 4 heteroatoms. The quantitative estimate of drug-likeness (QED) is 0.588. The average molecular weight is 254 g/mol. The second-order valence-electron chi connectivity index (χ2n) is 4.63. The lowest BCUT2D eigenvalue weighted by atomic mass is 9.83. The molecular weight excluding hydrogens is 235 g/mol. The van der Waals surface area contributed by atoms with Crippen LogP contribution in [0.2, 0.25) is 0 Å². The van der Waals surface area contributed by atoms with Crippen molar-refractivity contribution in [2.75, 3.05) is 6.61 Å². The van der Waals surface area contributed by atoms with Gasteiger partial charge in [-0.05, 0) is 65.8 Å². The average Bonchev–Trinajstić information content (AvgIpc) is 2.41. The van der Waals surface area contributed by atoms with Crippen LogP contribution in [-0.4, -0.2) is 12.7 Å². The molecule has 0 heterocycles. The number of rotatable bonds is 5. The van der Waals surface area contributed by atoms with Crippen molar-refractivity contribution in [2.45, 2.75) is 44.6 Å². The van der Waals surface area contributed by atoms with E-state index in [-0.39, 0.29) is 6.10 Å². The smallest absolute Gasteiger partial charge is 0.119 e. The van der Waals surface area contributed by atoms with Crippen LogP contribution in [0.3, 0.4) is 0 Å². The molecule has 0 radical (unpaired) electrons. The van der Waals surface area contributed by atoms with Gasteiger partial charge >= 0.3 is 0 Å². The first kappa shape index (κ1) is 13.3. The van der Waals surface area contributed by atoms with Crippen LogP contribution in [0, 0.1) is 0 Å². The van der Waals surface area contributed by atoms with Crippen LogP contribution in [0.1, 0.15) is 44.1 Å². The predicted octanol–water partition coefficient (Wildman–Crippen LogP) is 3.94. The Kier molecular flexibility index (Phi) is 4.96. The van der Waals surface area contributed by atoms with E-state index in [2.05, 4.69) is 22.1 Å². The minimum atomic E-state index is -0.103. The van der Waals surface area contributed by atoms with Crippen LogP contribution < -0.4 is 4.74 Å². The van der Waals surface area contributed by atoms with Crippen molar-refractivity contribution in [3.05, 3.63) is 29.8 Å². The molecule has 1 aromatic rings. The normalized spacial score (nSPS) is 23.9. The maximum atomic E-state index is 11.6. The summed E-state index contributed by atoms with van der Waals surface area (Å²) in [6.45, 7) is 2.66. The Morgan fingerprint density at radius 2 is 1.78 bits per heavy atom. The van der Waals surface area contributed by atoms with Gasteiger partial charge in [-0.1, -0.05) is 12.1 Å². The van der Waals surface area contributed by atoms with Crippen molar-refractivity contribution in [1.29, 1.82) is 0 Å². The highest BCUT2D eigenvalue weighted by Crippen LogP contribution is 2.34. The lowest BCUT2D eigenvalue weighted by Gasteiger charge is -2.26. The summed E-state index contributed by atoms with van der Waals surface area (Å²) in [5, 5.41) is 3.25. The molecule has 1 saturated carbocycles. The summed E-state index contributed by atoms with van der Waals surface area (Å²) in [6, 6.07) is 8.24. The second kappa shape index (κ2) is 6.71. The van der Waals surface area contributed by atoms with Crippen LogP contribution >= 0.6 is 0 Å². The topological polar surface area (TPSA) is 27.7 Å². The van der Waals surface area contributed by atoms with E-state index in [0.29, 0.717) is 12.5 Å². The van der Waals surface area contributed by atoms with Crippen LogP contribution in [0.15, 0.2) is 24.3 Å². The van der Waals surface area contributed by atoms with Crippen molar-refractivity contribution in [3.8, 4) is 5.75 Å². The molecule has 0 N–H and O–H groups in total. The number of ether oxygens (including phenoxy) is 1. The Balaban J connectivity index is 1.89. The molecular formula is C14H19FO3. The van der Waals surface area contributed by atoms with Gasteiger partial charge in [-0.2, -0.15) is 4.89 Å². The molecule has 0 amide bonds. The maximum Gasteiger partial charge on any atom is 0.119 e. The van der Waals surface area contributed by atoms with E-state index in [1.807, 2.05) is 19.1 Å². The molecule has 0 aromatic heterocycles. The van der Waals surface area contributed by atoms with E-state index in [9.17, 15) is 4.53 Å². The first-order chi connectivity index (χ1) is 8.83. The van der Waals surface area contributed by atoms with Gasteiger partial charge in [0.15, 0.2) is 0 Å². The van der Waals surface area contributed by atoms with Gasteiger partial charge in [0, 0.05) is 0 Å². The summed E-state index contributed by atoms with van der Waals surface area (Å²) in [7, 11) is 0. The summed E-state index contributed by atoms with van der Waals surface area (Å²) in [4.78, 5) is 4.53. The van der Waals surface area contributed by atoms with Crippen molar-refractivity contribution in [2.24, 2.45) is 0 Å². The first-order valence-electron chi connectivity index (χ1n) is 6.50. The largest absolute Gasteiger partial charge is 0.494 e. The molecule has 1 aliphatic carbocycles. The van der Waals surface area contributed by atoms with Gasteiger partial charge in [-0.25, -0.2) is 0 Å². The van der Waals surface area contributed by atoms with E-state index in [1.54, 1.807) is 0 Å². The predicted molar refractivity (Wildman–Crippen MR) is 65.9 cm³/mol. The molecule has 0 unspecified atom stereocenters. The lowest BCUT2D eigenvalue weighted by Crippen LogP contribution is -2.19. The Hall–Kier alpha value is -1.13. The highest BCUT2D eigenvalue weighted by Gasteiger charge is 2.23. The van der Waals surface area contributed by atoms with E-state index in [1.165, 1.54) is 5.56 Å². The lowest BCUT2D eigenvalue weighted by molar-refractivity contribution is -0.451. The fourth-order valence-corrected chi connectivity index (χ4v) is 2.55. The summed E-state index contributed by atoms with van der Waals surface area (Å²) >= 11 is 0. The van der Waals surface area contributed by atoms with E-state index in [0.717, 1.165) is 31.4 Å².